The summed E-state index contributed by atoms with van der Waals surface area (Å²) < 4.78 is 9.84. The quantitative estimate of drug-likeness (QED) is 0.378. The van der Waals surface area contributed by atoms with Crippen molar-refractivity contribution in [2.75, 3.05) is 0 Å². The van der Waals surface area contributed by atoms with Crippen LogP contribution in [-0.2, 0) is 18.9 Å². The third kappa shape index (κ3) is 4.11. The molecule has 0 N–H and O–H groups in total. The number of hydrogen-bond donors (Lipinski definition) is 0. The summed E-state index contributed by atoms with van der Waals surface area (Å²) in [4.78, 5) is 4.62. The lowest BCUT2D eigenvalue weighted by Crippen LogP contribution is -2.07. The van der Waals surface area contributed by atoms with Crippen molar-refractivity contribution < 1.29 is 4.74 Å². The summed E-state index contributed by atoms with van der Waals surface area (Å²) in [6.07, 6.45) is 4.02. The molecule has 3 aromatic heterocycles. The molecule has 0 unspecified atom stereocenters. The molecule has 4 rings (SSSR count). The Balaban J connectivity index is 1.44. The van der Waals surface area contributed by atoms with E-state index in [1.807, 2.05) is 39.6 Å². The van der Waals surface area contributed by atoms with Crippen LogP contribution in [0.1, 0.15) is 18.4 Å². The Kier molecular flexibility index (Phi) is 5.75. The number of benzene rings is 1. The molecule has 0 aliphatic carbocycles. The van der Waals surface area contributed by atoms with Crippen molar-refractivity contribution >= 4 is 40.6 Å². The third-order valence-electron chi connectivity index (χ3n) is 4.12. The summed E-state index contributed by atoms with van der Waals surface area (Å²) in [6.45, 7) is 3.07. The summed E-state index contributed by atoms with van der Waals surface area (Å²) >= 11 is 13.7. The van der Waals surface area contributed by atoms with Gasteiger partial charge < -0.3 is 13.7 Å². The Bertz CT molecular complexity index is 1080. The zero-order valence-electron chi connectivity index (χ0n) is 15.0. The minimum Gasteiger partial charge on any atom is -0.484 e. The molecule has 0 amide bonds. The fraction of sp³-hybridized carbons (Fsp3) is 0.211. The van der Waals surface area contributed by atoms with Gasteiger partial charge in [-0.05, 0) is 37.3 Å². The van der Waals surface area contributed by atoms with Crippen LogP contribution in [0.5, 0.6) is 5.75 Å². The first-order chi connectivity index (χ1) is 13.6. The van der Waals surface area contributed by atoms with Crippen molar-refractivity contribution in [2.24, 2.45) is 0 Å². The predicted molar refractivity (Wildman–Crippen MR) is 111 cm³/mol. The summed E-state index contributed by atoms with van der Waals surface area (Å²) in [6, 6.07) is 11.1. The first-order valence-corrected chi connectivity index (χ1v) is 10.4. The number of ether oxygens (including phenoxy) is 1. The maximum atomic E-state index is 6.16. The highest BCUT2D eigenvalue weighted by Gasteiger charge is 2.14. The Morgan fingerprint density at radius 3 is 2.82 bits per heavy atom. The molecule has 1 aromatic carbocycles. The third-order valence-corrected chi connectivity index (χ3v) is 5.65. The van der Waals surface area contributed by atoms with Gasteiger partial charge in [0.2, 0.25) is 0 Å². The summed E-state index contributed by atoms with van der Waals surface area (Å²) in [7, 11) is 0. The Morgan fingerprint density at radius 1 is 1.14 bits per heavy atom. The lowest BCUT2D eigenvalue weighted by Gasteiger charge is -2.09. The van der Waals surface area contributed by atoms with Crippen LogP contribution in [0.3, 0.4) is 0 Å². The van der Waals surface area contributed by atoms with Gasteiger partial charge in [-0.3, -0.25) is 0 Å². The van der Waals surface area contributed by atoms with Crippen molar-refractivity contribution in [3.05, 3.63) is 70.4 Å². The lowest BCUT2D eigenvalue weighted by atomic mass is 10.3. The molecule has 0 fully saturated rings. The zero-order chi connectivity index (χ0) is 19.5. The second-order valence-electron chi connectivity index (χ2n) is 5.99. The van der Waals surface area contributed by atoms with Gasteiger partial charge in [-0.1, -0.05) is 41.0 Å². The molecule has 0 aliphatic rings. The zero-order valence-corrected chi connectivity index (χ0v) is 17.4. The first-order valence-electron chi connectivity index (χ1n) is 8.69. The van der Waals surface area contributed by atoms with Gasteiger partial charge in [0.15, 0.2) is 11.0 Å². The smallest absolute Gasteiger partial charge is 0.191 e. The van der Waals surface area contributed by atoms with Gasteiger partial charge in [0, 0.05) is 29.7 Å². The summed E-state index contributed by atoms with van der Waals surface area (Å²) in [5.74, 6) is 2.02. The van der Waals surface area contributed by atoms with E-state index in [-0.39, 0.29) is 6.61 Å². The molecule has 0 saturated carbocycles. The van der Waals surface area contributed by atoms with Crippen LogP contribution in [0.25, 0.3) is 5.65 Å². The van der Waals surface area contributed by atoms with Crippen LogP contribution in [0.15, 0.2) is 53.9 Å². The molecule has 9 heteroatoms. The van der Waals surface area contributed by atoms with E-state index in [0.29, 0.717) is 21.5 Å². The molecule has 0 saturated heterocycles. The van der Waals surface area contributed by atoms with Crippen molar-refractivity contribution in [3.63, 3.8) is 0 Å². The molecule has 0 radical (unpaired) electrons. The number of thioether (sulfide) groups is 1. The van der Waals surface area contributed by atoms with Crippen molar-refractivity contribution in [2.45, 2.75) is 31.0 Å². The topological polar surface area (TPSA) is 57.2 Å². The van der Waals surface area contributed by atoms with Crippen molar-refractivity contribution in [1.29, 1.82) is 0 Å². The van der Waals surface area contributed by atoms with Crippen LogP contribution in [0.4, 0.5) is 0 Å². The van der Waals surface area contributed by atoms with E-state index < -0.39 is 0 Å². The fourth-order valence-electron chi connectivity index (χ4n) is 2.78. The van der Waals surface area contributed by atoms with Gasteiger partial charge in [0.05, 0.1) is 10.7 Å². The molecule has 0 spiro atoms. The number of aromatic nitrogens is 5. The highest BCUT2D eigenvalue weighted by molar-refractivity contribution is 7.98. The maximum absolute atomic E-state index is 6.16. The monoisotopic (exact) mass is 433 g/mol. The normalized spacial score (nSPS) is 11.2. The van der Waals surface area contributed by atoms with E-state index in [1.54, 1.807) is 30.0 Å². The Morgan fingerprint density at radius 2 is 2.04 bits per heavy atom. The molecule has 3 heterocycles. The number of fused-ring (bicyclic) bond motifs is 1. The highest BCUT2D eigenvalue weighted by atomic mass is 35.5. The summed E-state index contributed by atoms with van der Waals surface area (Å²) in [5.41, 5.74) is 1.93. The van der Waals surface area contributed by atoms with Gasteiger partial charge in [0.25, 0.3) is 0 Å². The standard InChI is InChI=1S/C19H17Cl2N5OS/c1-2-26-18(11-27-16-7-6-13(20)9-15(16)21)23-24-19(26)28-12-14-10-25-8-4-3-5-17(25)22-14/h3-10H,2,11-12H2,1H3. The minimum absolute atomic E-state index is 0.275. The van der Waals surface area contributed by atoms with Gasteiger partial charge >= 0.3 is 0 Å². The Hall–Kier alpha value is -2.22. The van der Waals surface area contributed by atoms with Gasteiger partial charge in [-0.15, -0.1) is 10.2 Å². The minimum atomic E-state index is 0.275. The average Bonchev–Trinajstić information content (AvgIpc) is 3.28. The number of nitrogens with zero attached hydrogens (tertiary/aromatic N) is 5. The molecule has 6 nitrogen and oxygen atoms in total. The fourth-order valence-corrected chi connectivity index (χ4v) is 4.15. The van der Waals surface area contributed by atoms with E-state index in [0.717, 1.165) is 28.9 Å². The van der Waals surface area contributed by atoms with E-state index in [4.69, 9.17) is 27.9 Å². The molecule has 144 valence electrons. The second-order valence-corrected chi connectivity index (χ2v) is 7.78. The predicted octanol–water partition coefficient (Wildman–Crippen LogP) is 5.12. The molecular weight excluding hydrogens is 417 g/mol. The Labute approximate surface area is 176 Å². The second kappa shape index (κ2) is 8.43. The van der Waals surface area contributed by atoms with Crippen LogP contribution in [0, 0.1) is 0 Å². The van der Waals surface area contributed by atoms with Crippen LogP contribution < -0.4 is 4.74 Å². The maximum Gasteiger partial charge on any atom is 0.191 e. The molecular formula is C19H17Cl2N5OS. The average molecular weight is 434 g/mol. The molecule has 0 bridgehead atoms. The largest absolute Gasteiger partial charge is 0.484 e. The molecule has 0 atom stereocenters. The summed E-state index contributed by atoms with van der Waals surface area (Å²) in [5, 5.41) is 10.5. The van der Waals surface area contributed by atoms with E-state index in [2.05, 4.69) is 22.1 Å². The van der Waals surface area contributed by atoms with Crippen molar-refractivity contribution in [3.8, 4) is 5.75 Å². The lowest BCUT2D eigenvalue weighted by molar-refractivity contribution is 0.288. The van der Waals surface area contributed by atoms with E-state index in [9.17, 15) is 0 Å². The van der Waals surface area contributed by atoms with E-state index in [1.165, 1.54) is 0 Å². The molecule has 0 aliphatic heterocycles. The van der Waals surface area contributed by atoms with Crippen LogP contribution >= 0.6 is 35.0 Å². The number of hydrogen-bond acceptors (Lipinski definition) is 5. The molecule has 4 aromatic rings. The number of imidazole rings is 1. The first kappa shape index (κ1) is 19.1. The SMILES string of the molecule is CCn1c(COc2ccc(Cl)cc2Cl)nnc1SCc1cn2ccccc2n1. The van der Waals surface area contributed by atoms with Crippen molar-refractivity contribution in [1.82, 2.24) is 24.1 Å². The van der Waals surface area contributed by atoms with Gasteiger partial charge in [0.1, 0.15) is 18.0 Å². The number of rotatable bonds is 7. The van der Waals surface area contributed by atoms with Crippen LogP contribution in [0.2, 0.25) is 10.0 Å². The van der Waals surface area contributed by atoms with Gasteiger partial charge in [-0.25, -0.2) is 4.98 Å². The highest BCUT2D eigenvalue weighted by Crippen LogP contribution is 2.28. The van der Waals surface area contributed by atoms with E-state index >= 15 is 0 Å². The van der Waals surface area contributed by atoms with Crippen LogP contribution in [-0.4, -0.2) is 24.1 Å². The molecule has 28 heavy (non-hydrogen) atoms. The number of halogens is 2. The van der Waals surface area contributed by atoms with Gasteiger partial charge in [-0.2, -0.15) is 0 Å². The number of pyridine rings is 1.